The largest absolute Gasteiger partial charge is 0.329 e. The zero-order valence-electron chi connectivity index (χ0n) is 6.45. The molecular weight excluding hydrogens is 366 g/mol. The van der Waals surface area contributed by atoms with Crippen LogP contribution in [0.4, 0.5) is 0 Å². The Hall–Kier alpha value is 1.38. The number of alkyl halides is 2. The zero-order chi connectivity index (χ0) is 8.54. The average Bonchev–Trinajstić information content (AvgIpc) is 1.95. The predicted molar refractivity (Wildman–Crippen MR) is 65.2 cm³/mol. The Kier molecular flexibility index (Phi) is 3.45. The molecule has 1 unspecified atom stereocenters. The minimum Gasteiger partial charge on any atom is -0.329 e. The normalized spacial score (nSPS) is 37.1. The van der Waals surface area contributed by atoms with E-state index in [0.29, 0.717) is 6.54 Å². The van der Waals surface area contributed by atoms with Crippen LogP contribution in [0, 0.1) is 0 Å². The van der Waals surface area contributed by atoms with Gasteiger partial charge in [-0.2, -0.15) is 0 Å². The number of hydrogen-bond acceptors (Lipinski definition) is 2. The molecule has 0 aliphatic heterocycles. The number of nitrogens with two attached hydrogens (primary N) is 2. The Balaban J connectivity index is 2.74. The maximum absolute atomic E-state index is 6.20. The van der Waals surface area contributed by atoms with Crippen molar-refractivity contribution in [3.05, 3.63) is 0 Å². The molecule has 1 saturated carbocycles. The van der Waals surface area contributed by atoms with Crippen LogP contribution in [0.3, 0.4) is 0 Å². The molecule has 1 aliphatic carbocycles. The van der Waals surface area contributed by atoms with Crippen LogP contribution in [0.5, 0.6) is 0 Å². The zero-order valence-corrected chi connectivity index (χ0v) is 10.8. The fourth-order valence-corrected chi connectivity index (χ4v) is 3.21. The lowest BCUT2D eigenvalue weighted by Gasteiger charge is -2.44. The Bertz CT molecular complexity index is 149. The van der Waals surface area contributed by atoms with Crippen LogP contribution in [0.2, 0.25) is 0 Å². The molecule has 1 fully saturated rings. The van der Waals surface area contributed by atoms with Gasteiger partial charge in [0.25, 0.3) is 0 Å². The van der Waals surface area contributed by atoms with Gasteiger partial charge < -0.3 is 11.5 Å². The quantitative estimate of drug-likeness (QED) is 0.539. The van der Waals surface area contributed by atoms with Crippen LogP contribution in [-0.4, -0.2) is 13.5 Å². The van der Waals surface area contributed by atoms with Gasteiger partial charge in [-0.25, -0.2) is 0 Å². The molecule has 66 valence electrons. The van der Waals surface area contributed by atoms with Gasteiger partial charge in [-0.05, 0) is 12.8 Å². The van der Waals surface area contributed by atoms with Gasteiger partial charge in [0.2, 0.25) is 0 Å². The molecule has 0 aromatic rings. The standard InChI is InChI=1S/C7H14I2N2/c8-7(9)4-2-1-3-6(7,11)5-10/h1-5,10-11H2. The van der Waals surface area contributed by atoms with Gasteiger partial charge in [0.1, 0.15) is 0 Å². The summed E-state index contributed by atoms with van der Waals surface area (Å²) in [5, 5.41) is 0. The van der Waals surface area contributed by atoms with E-state index in [9.17, 15) is 0 Å². The summed E-state index contributed by atoms with van der Waals surface area (Å²) < 4.78 is 0.176. The molecule has 4 heteroatoms. The molecule has 0 radical (unpaired) electrons. The van der Waals surface area contributed by atoms with E-state index >= 15 is 0 Å². The van der Waals surface area contributed by atoms with Crippen LogP contribution in [-0.2, 0) is 0 Å². The Labute approximate surface area is 95.1 Å². The average molecular weight is 380 g/mol. The van der Waals surface area contributed by atoms with E-state index in [1.807, 2.05) is 0 Å². The van der Waals surface area contributed by atoms with Crippen LogP contribution < -0.4 is 11.5 Å². The summed E-state index contributed by atoms with van der Waals surface area (Å²) in [7, 11) is 0. The van der Waals surface area contributed by atoms with E-state index in [2.05, 4.69) is 45.2 Å². The first-order valence-electron chi connectivity index (χ1n) is 3.89. The maximum atomic E-state index is 6.20. The molecule has 1 rings (SSSR count). The molecule has 4 N–H and O–H groups in total. The van der Waals surface area contributed by atoms with Crippen molar-refractivity contribution in [2.45, 2.75) is 32.7 Å². The highest BCUT2D eigenvalue weighted by molar-refractivity contribution is 14.2. The molecule has 2 nitrogen and oxygen atoms in total. The van der Waals surface area contributed by atoms with Crippen LogP contribution in [0.25, 0.3) is 0 Å². The summed E-state index contributed by atoms with van der Waals surface area (Å²) in [6, 6.07) is 0. The smallest absolute Gasteiger partial charge is 0.0925 e. The van der Waals surface area contributed by atoms with Crippen molar-refractivity contribution < 1.29 is 0 Å². The number of hydrogen-bond donors (Lipinski definition) is 2. The minimum atomic E-state index is -0.133. The van der Waals surface area contributed by atoms with Crippen molar-refractivity contribution >= 4 is 45.2 Å². The van der Waals surface area contributed by atoms with E-state index in [0.717, 1.165) is 6.42 Å². The SMILES string of the molecule is NCC1(N)CCCCC1(I)I. The van der Waals surface area contributed by atoms with Gasteiger partial charge in [0.15, 0.2) is 0 Å². The van der Waals surface area contributed by atoms with Crippen molar-refractivity contribution in [2.24, 2.45) is 11.5 Å². The van der Waals surface area contributed by atoms with Gasteiger partial charge in [0, 0.05) is 6.54 Å². The fourth-order valence-electron chi connectivity index (χ4n) is 1.47. The summed E-state index contributed by atoms with van der Waals surface area (Å²) >= 11 is 4.90. The molecular formula is C7H14I2N2. The van der Waals surface area contributed by atoms with Crippen LogP contribution in [0.1, 0.15) is 25.7 Å². The molecule has 0 aromatic carbocycles. The third-order valence-electron chi connectivity index (χ3n) is 2.46. The van der Waals surface area contributed by atoms with Crippen molar-refractivity contribution in [3.63, 3.8) is 0 Å². The van der Waals surface area contributed by atoms with Crippen LogP contribution >= 0.6 is 45.2 Å². The second-order valence-electron chi connectivity index (χ2n) is 3.27. The van der Waals surface area contributed by atoms with Gasteiger partial charge >= 0.3 is 0 Å². The van der Waals surface area contributed by atoms with E-state index in [-0.39, 0.29) is 6.97 Å². The predicted octanol–water partition coefficient (Wildman–Crippen LogP) is 1.78. The summed E-state index contributed by atoms with van der Waals surface area (Å²) in [6.45, 7) is 0.610. The lowest BCUT2D eigenvalue weighted by Crippen LogP contribution is -2.60. The Morgan fingerprint density at radius 2 is 1.73 bits per heavy atom. The highest BCUT2D eigenvalue weighted by atomic mass is 127. The topological polar surface area (TPSA) is 52.0 Å². The first kappa shape index (κ1) is 10.5. The molecule has 0 amide bonds. The second kappa shape index (κ2) is 3.63. The van der Waals surface area contributed by atoms with E-state index in [1.165, 1.54) is 19.3 Å². The fraction of sp³-hybridized carbons (Fsp3) is 1.00. The first-order chi connectivity index (χ1) is 5.02. The third kappa shape index (κ3) is 2.00. The summed E-state index contributed by atoms with van der Waals surface area (Å²) in [5.41, 5.74) is 11.7. The number of rotatable bonds is 1. The molecule has 0 bridgehead atoms. The monoisotopic (exact) mass is 380 g/mol. The molecule has 11 heavy (non-hydrogen) atoms. The Morgan fingerprint density at radius 3 is 2.09 bits per heavy atom. The molecule has 0 saturated heterocycles. The summed E-state index contributed by atoms with van der Waals surface area (Å²) in [5.74, 6) is 0. The lowest BCUT2D eigenvalue weighted by atomic mass is 9.82. The van der Waals surface area contributed by atoms with Gasteiger partial charge in [-0.1, -0.05) is 58.0 Å². The van der Waals surface area contributed by atoms with E-state index in [4.69, 9.17) is 11.5 Å². The summed E-state index contributed by atoms with van der Waals surface area (Å²) in [6.07, 6.45) is 4.81. The van der Waals surface area contributed by atoms with E-state index in [1.54, 1.807) is 0 Å². The van der Waals surface area contributed by atoms with Gasteiger partial charge in [-0.3, -0.25) is 0 Å². The second-order valence-corrected chi connectivity index (χ2v) is 9.02. The first-order valence-corrected chi connectivity index (χ1v) is 6.04. The molecule has 1 aliphatic rings. The molecule has 0 heterocycles. The van der Waals surface area contributed by atoms with E-state index < -0.39 is 0 Å². The lowest BCUT2D eigenvalue weighted by molar-refractivity contribution is 0.315. The van der Waals surface area contributed by atoms with Crippen molar-refractivity contribution in [1.82, 2.24) is 0 Å². The van der Waals surface area contributed by atoms with Gasteiger partial charge in [0.05, 0.1) is 6.97 Å². The molecule has 0 aromatic heterocycles. The van der Waals surface area contributed by atoms with Crippen molar-refractivity contribution in [1.29, 1.82) is 0 Å². The van der Waals surface area contributed by atoms with Gasteiger partial charge in [-0.15, -0.1) is 0 Å². The highest BCUT2D eigenvalue weighted by Gasteiger charge is 2.45. The minimum absolute atomic E-state index is 0.133. The Morgan fingerprint density at radius 1 is 1.18 bits per heavy atom. The molecule has 1 atom stereocenters. The molecule has 0 spiro atoms. The highest BCUT2D eigenvalue weighted by Crippen LogP contribution is 2.47. The number of halogens is 2. The maximum Gasteiger partial charge on any atom is 0.0925 e. The summed E-state index contributed by atoms with van der Waals surface area (Å²) in [4.78, 5) is 0. The van der Waals surface area contributed by atoms with Crippen LogP contribution in [0.15, 0.2) is 0 Å². The van der Waals surface area contributed by atoms with Crippen molar-refractivity contribution in [2.75, 3.05) is 6.54 Å². The third-order valence-corrected chi connectivity index (χ3v) is 5.68. The van der Waals surface area contributed by atoms with Crippen molar-refractivity contribution in [3.8, 4) is 0 Å².